The van der Waals surface area contributed by atoms with E-state index in [0.29, 0.717) is 17.0 Å². The molecule has 0 atom stereocenters. The van der Waals surface area contributed by atoms with Crippen molar-refractivity contribution in [3.63, 3.8) is 0 Å². The second-order valence-corrected chi connectivity index (χ2v) is 5.36. The Bertz CT molecular complexity index is 816. The summed E-state index contributed by atoms with van der Waals surface area (Å²) in [6.07, 6.45) is 2.01. The maximum atomic E-state index is 13.8. The van der Waals surface area contributed by atoms with E-state index in [0.717, 1.165) is 10.6 Å². The molecule has 108 valence electrons. The number of anilines is 1. The Morgan fingerprint density at radius 3 is 2.81 bits per heavy atom. The van der Waals surface area contributed by atoms with Crippen LogP contribution < -0.4 is 10.5 Å². The van der Waals surface area contributed by atoms with Gasteiger partial charge in [0.1, 0.15) is 0 Å². The minimum atomic E-state index is -0.451. The number of aromatic nitrogens is 2. The fourth-order valence-corrected chi connectivity index (χ4v) is 2.73. The number of hydrogen-bond donors (Lipinski definition) is 1. The molecule has 0 radical (unpaired) electrons. The summed E-state index contributed by atoms with van der Waals surface area (Å²) >= 11 is 1.64. The summed E-state index contributed by atoms with van der Waals surface area (Å²) in [5.74, 6) is 0.0353. The van der Waals surface area contributed by atoms with Crippen LogP contribution in [0.2, 0.25) is 0 Å². The van der Waals surface area contributed by atoms with E-state index in [-0.39, 0.29) is 5.75 Å². The fourth-order valence-electron chi connectivity index (χ4n) is 2.27. The average Bonchev–Trinajstić information content (AvgIpc) is 2.81. The second kappa shape index (κ2) is 5.29. The third-order valence-electron chi connectivity index (χ3n) is 3.27. The number of nitrogens with zero attached hydrogens (tertiary/aromatic N) is 2. The van der Waals surface area contributed by atoms with Gasteiger partial charge in [0, 0.05) is 17.0 Å². The van der Waals surface area contributed by atoms with Crippen LogP contribution in [0.1, 0.15) is 0 Å². The summed E-state index contributed by atoms with van der Waals surface area (Å²) in [5, 5.41) is 0. The molecular weight excluding hydrogens is 289 g/mol. The smallest absolute Gasteiger partial charge is 0.205 e. The molecule has 0 saturated heterocycles. The standard InChI is InChI=1S/C15H14FN3OS/c1-20-14-8-13-12(7-11(14)16)18-15(17)19(13)9-4-3-5-10(6-9)21-2/h3-8H,1-2H3,(H2,17,18). The van der Waals surface area contributed by atoms with Crippen molar-refractivity contribution in [3.05, 3.63) is 42.2 Å². The van der Waals surface area contributed by atoms with Crippen LogP contribution in [0.4, 0.5) is 10.3 Å². The van der Waals surface area contributed by atoms with Gasteiger partial charge in [0.05, 0.1) is 23.8 Å². The van der Waals surface area contributed by atoms with Crippen LogP contribution in [0.25, 0.3) is 16.7 Å². The number of hydrogen-bond acceptors (Lipinski definition) is 4. The molecule has 3 rings (SSSR count). The number of fused-ring (bicyclic) bond motifs is 1. The SMILES string of the molecule is COc1cc2c(cc1F)nc(N)n2-c1cccc(SC)c1. The summed E-state index contributed by atoms with van der Waals surface area (Å²) in [5.41, 5.74) is 8.10. The monoisotopic (exact) mass is 303 g/mol. The third-order valence-corrected chi connectivity index (χ3v) is 3.99. The Morgan fingerprint density at radius 1 is 1.29 bits per heavy atom. The van der Waals surface area contributed by atoms with Crippen molar-refractivity contribution in [1.29, 1.82) is 0 Å². The van der Waals surface area contributed by atoms with E-state index in [1.165, 1.54) is 13.2 Å². The van der Waals surface area contributed by atoms with Crippen LogP contribution in [-0.2, 0) is 0 Å². The molecule has 0 spiro atoms. The van der Waals surface area contributed by atoms with Gasteiger partial charge in [-0.2, -0.15) is 0 Å². The van der Waals surface area contributed by atoms with Crippen LogP contribution in [0.5, 0.6) is 5.75 Å². The lowest BCUT2D eigenvalue weighted by Crippen LogP contribution is -2.00. The number of nitrogen functional groups attached to an aromatic ring is 1. The summed E-state index contributed by atoms with van der Waals surface area (Å²) in [4.78, 5) is 5.33. The number of halogens is 1. The zero-order chi connectivity index (χ0) is 15.0. The highest BCUT2D eigenvalue weighted by Crippen LogP contribution is 2.30. The van der Waals surface area contributed by atoms with E-state index in [1.54, 1.807) is 22.4 Å². The lowest BCUT2D eigenvalue weighted by molar-refractivity contribution is 0.387. The van der Waals surface area contributed by atoms with Crippen molar-refractivity contribution in [2.75, 3.05) is 19.1 Å². The lowest BCUT2D eigenvalue weighted by Gasteiger charge is -2.09. The van der Waals surface area contributed by atoms with Crippen molar-refractivity contribution in [2.45, 2.75) is 4.90 Å². The maximum absolute atomic E-state index is 13.8. The number of methoxy groups -OCH3 is 1. The zero-order valence-corrected chi connectivity index (χ0v) is 12.4. The Kier molecular flexibility index (Phi) is 3.47. The molecule has 0 aliphatic rings. The highest BCUT2D eigenvalue weighted by Gasteiger charge is 2.14. The van der Waals surface area contributed by atoms with Gasteiger partial charge in [0.25, 0.3) is 0 Å². The molecule has 21 heavy (non-hydrogen) atoms. The van der Waals surface area contributed by atoms with E-state index in [4.69, 9.17) is 10.5 Å². The summed E-state index contributed by atoms with van der Waals surface area (Å²) in [6.45, 7) is 0. The van der Waals surface area contributed by atoms with Gasteiger partial charge >= 0.3 is 0 Å². The Balaban J connectivity index is 2.28. The minimum Gasteiger partial charge on any atom is -0.494 e. The molecule has 0 saturated carbocycles. The van der Waals surface area contributed by atoms with Gasteiger partial charge in [-0.1, -0.05) is 6.07 Å². The fraction of sp³-hybridized carbons (Fsp3) is 0.133. The third kappa shape index (κ3) is 2.31. The van der Waals surface area contributed by atoms with Crippen LogP contribution >= 0.6 is 11.8 Å². The van der Waals surface area contributed by atoms with Crippen LogP contribution in [0, 0.1) is 5.82 Å². The van der Waals surface area contributed by atoms with E-state index in [1.807, 2.05) is 30.5 Å². The van der Waals surface area contributed by atoms with Crippen molar-refractivity contribution >= 4 is 28.7 Å². The maximum Gasteiger partial charge on any atom is 0.205 e. The number of imidazole rings is 1. The number of benzene rings is 2. The molecule has 0 aliphatic carbocycles. The number of nitrogens with two attached hydrogens (primary N) is 1. The molecule has 1 aromatic heterocycles. The molecule has 0 aliphatic heterocycles. The van der Waals surface area contributed by atoms with Crippen LogP contribution in [0.3, 0.4) is 0 Å². The predicted molar refractivity (Wildman–Crippen MR) is 83.8 cm³/mol. The first-order valence-electron chi connectivity index (χ1n) is 6.30. The predicted octanol–water partition coefficient (Wildman–Crippen LogP) is 3.48. The first-order valence-corrected chi connectivity index (χ1v) is 7.52. The van der Waals surface area contributed by atoms with E-state index in [2.05, 4.69) is 4.98 Å². The molecule has 4 nitrogen and oxygen atoms in total. The molecule has 0 unspecified atom stereocenters. The van der Waals surface area contributed by atoms with Crippen molar-refractivity contribution < 1.29 is 9.13 Å². The van der Waals surface area contributed by atoms with Crippen LogP contribution in [-0.4, -0.2) is 22.9 Å². The number of ether oxygens (including phenoxy) is 1. The topological polar surface area (TPSA) is 53.1 Å². The number of rotatable bonds is 3. The Morgan fingerprint density at radius 2 is 2.10 bits per heavy atom. The lowest BCUT2D eigenvalue weighted by atomic mass is 10.2. The minimum absolute atomic E-state index is 0.171. The summed E-state index contributed by atoms with van der Waals surface area (Å²) in [7, 11) is 1.43. The van der Waals surface area contributed by atoms with E-state index < -0.39 is 5.82 Å². The van der Waals surface area contributed by atoms with Crippen molar-refractivity contribution in [2.24, 2.45) is 0 Å². The van der Waals surface area contributed by atoms with Gasteiger partial charge in [0.2, 0.25) is 5.95 Å². The highest BCUT2D eigenvalue weighted by atomic mass is 32.2. The summed E-state index contributed by atoms with van der Waals surface area (Å²) < 4.78 is 20.6. The molecule has 1 heterocycles. The molecule has 0 amide bonds. The van der Waals surface area contributed by atoms with Crippen molar-refractivity contribution in [3.8, 4) is 11.4 Å². The Labute approximate surface area is 125 Å². The van der Waals surface area contributed by atoms with Gasteiger partial charge in [-0.25, -0.2) is 9.37 Å². The van der Waals surface area contributed by atoms with Gasteiger partial charge in [0.15, 0.2) is 11.6 Å². The molecule has 2 aromatic carbocycles. The zero-order valence-electron chi connectivity index (χ0n) is 11.6. The van der Waals surface area contributed by atoms with Gasteiger partial charge < -0.3 is 10.5 Å². The second-order valence-electron chi connectivity index (χ2n) is 4.48. The molecule has 0 fully saturated rings. The highest BCUT2D eigenvalue weighted by molar-refractivity contribution is 7.98. The average molecular weight is 303 g/mol. The molecule has 6 heteroatoms. The Hall–Kier alpha value is -2.21. The first-order chi connectivity index (χ1) is 10.1. The van der Waals surface area contributed by atoms with Crippen LogP contribution in [0.15, 0.2) is 41.3 Å². The van der Waals surface area contributed by atoms with Gasteiger partial charge in [-0.3, -0.25) is 4.57 Å². The molecule has 0 bridgehead atoms. The quantitative estimate of drug-likeness (QED) is 0.753. The van der Waals surface area contributed by atoms with Gasteiger partial charge in [-0.05, 0) is 24.5 Å². The summed E-state index contributed by atoms with van der Waals surface area (Å²) in [6, 6.07) is 10.9. The van der Waals surface area contributed by atoms with Crippen molar-refractivity contribution in [1.82, 2.24) is 9.55 Å². The largest absolute Gasteiger partial charge is 0.494 e. The number of thioether (sulfide) groups is 1. The first kappa shape index (κ1) is 13.8. The van der Waals surface area contributed by atoms with E-state index in [9.17, 15) is 4.39 Å². The van der Waals surface area contributed by atoms with Gasteiger partial charge in [-0.15, -0.1) is 11.8 Å². The molecular formula is C15H14FN3OS. The molecule has 3 aromatic rings. The molecule has 2 N–H and O–H groups in total. The van der Waals surface area contributed by atoms with E-state index >= 15 is 0 Å². The normalized spacial score (nSPS) is 11.0.